The van der Waals surface area contributed by atoms with Crippen molar-refractivity contribution < 1.29 is 5.11 Å². The molecule has 3 nitrogen and oxygen atoms in total. The zero-order valence-electron chi connectivity index (χ0n) is 6.37. The molecule has 1 rings (SSSR count). The molecule has 11 heavy (non-hydrogen) atoms. The minimum Gasteiger partial charge on any atom is -0.390 e. The van der Waals surface area contributed by atoms with Crippen LogP contribution < -0.4 is 0 Å². The number of hydrogen-bond donors (Lipinski definition) is 1. The van der Waals surface area contributed by atoms with Crippen molar-refractivity contribution in [1.29, 1.82) is 0 Å². The number of rotatable bonds is 3. The number of nitrogens with zero attached hydrogens (tertiary/aromatic N) is 2. The van der Waals surface area contributed by atoms with Crippen molar-refractivity contribution in [3.05, 3.63) is 18.2 Å². The van der Waals surface area contributed by atoms with E-state index in [2.05, 4.69) is 20.9 Å². The lowest BCUT2D eigenvalue weighted by atomic mass is 10.4. The van der Waals surface area contributed by atoms with Crippen molar-refractivity contribution in [1.82, 2.24) is 9.55 Å². The van der Waals surface area contributed by atoms with E-state index in [0.29, 0.717) is 11.9 Å². The van der Waals surface area contributed by atoms with Crippen LogP contribution in [0.25, 0.3) is 0 Å². The molecule has 1 unspecified atom stereocenters. The number of aromatic nitrogens is 2. The lowest BCUT2D eigenvalue weighted by Gasteiger charge is -2.08. The average Bonchev–Trinajstić information content (AvgIpc) is 2.37. The lowest BCUT2D eigenvalue weighted by Crippen LogP contribution is -2.17. The molecule has 0 saturated heterocycles. The Morgan fingerprint density at radius 1 is 1.82 bits per heavy atom. The van der Waals surface area contributed by atoms with Crippen LogP contribution in [0, 0.1) is 6.92 Å². The number of aliphatic hydroxyl groups is 1. The van der Waals surface area contributed by atoms with Crippen molar-refractivity contribution in [2.45, 2.75) is 19.6 Å². The number of aliphatic hydroxyl groups excluding tert-OH is 1. The summed E-state index contributed by atoms with van der Waals surface area (Å²) in [6.07, 6.45) is 3.26. The molecule has 0 amide bonds. The van der Waals surface area contributed by atoms with Gasteiger partial charge in [0.2, 0.25) is 0 Å². The molecule has 1 N–H and O–H groups in total. The fraction of sp³-hybridized carbons (Fsp3) is 0.571. The SMILES string of the molecule is Cc1nccn1CC(O)CBr. The molecule has 0 aliphatic carbocycles. The van der Waals surface area contributed by atoms with Gasteiger partial charge in [-0.15, -0.1) is 0 Å². The summed E-state index contributed by atoms with van der Waals surface area (Å²) in [6.45, 7) is 2.53. The van der Waals surface area contributed by atoms with Gasteiger partial charge in [-0.2, -0.15) is 0 Å². The van der Waals surface area contributed by atoms with Crippen LogP contribution in [0.1, 0.15) is 5.82 Å². The molecule has 62 valence electrons. The predicted molar refractivity (Wildman–Crippen MR) is 46.8 cm³/mol. The van der Waals surface area contributed by atoms with E-state index < -0.39 is 0 Å². The highest BCUT2D eigenvalue weighted by molar-refractivity contribution is 9.09. The molecule has 1 atom stereocenters. The number of imidazole rings is 1. The molecule has 0 bridgehead atoms. The molecular weight excluding hydrogens is 208 g/mol. The maximum Gasteiger partial charge on any atom is 0.105 e. The van der Waals surface area contributed by atoms with E-state index in [4.69, 9.17) is 0 Å². The molecule has 0 aliphatic heterocycles. The van der Waals surface area contributed by atoms with Gasteiger partial charge in [-0.05, 0) is 6.92 Å². The van der Waals surface area contributed by atoms with Crippen LogP contribution in [-0.2, 0) is 6.54 Å². The normalized spacial score (nSPS) is 13.4. The molecule has 4 heteroatoms. The molecule has 1 aromatic rings. The zero-order valence-corrected chi connectivity index (χ0v) is 7.95. The second kappa shape index (κ2) is 3.88. The first-order valence-corrected chi connectivity index (χ1v) is 4.58. The maximum atomic E-state index is 9.26. The smallest absolute Gasteiger partial charge is 0.105 e. The fourth-order valence-electron chi connectivity index (χ4n) is 0.873. The van der Waals surface area contributed by atoms with Crippen LogP contribution in [0.4, 0.5) is 0 Å². The Balaban J connectivity index is 2.56. The summed E-state index contributed by atoms with van der Waals surface area (Å²) in [4.78, 5) is 4.04. The van der Waals surface area contributed by atoms with Gasteiger partial charge in [0.05, 0.1) is 12.6 Å². The Kier molecular flexibility index (Phi) is 3.08. The van der Waals surface area contributed by atoms with Crippen LogP contribution in [0.2, 0.25) is 0 Å². The van der Waals surface area contributed by atoms with Gasteiger partial charge in [0.25, 0.3) is 0 Å². The highest BCUT2D eigenvalue weighted by Crippen LogP contribution is 1.99. The summed E-state index contributed by atoms with van der Waals surface area (Å²) < 4.78 is 1.92. The standard InChI is InChI=1S/C7H11BrN2O/c1-6-9-2-3-10(6)5-7(11)4-8/h2-3,7,11H,4-5H2,1H3. The van der Waals surface area contributed by atoms with Gasteiger partial charge >= 0.3 is 0 Å². The van der Waals surface area contributed by atoms with Gasteiger partial charge in [-0.3, -0.25) is 0 Å². The van der Waals surface area contributed by atoms with E-state index in [0.717, 1.165) is 5.82 Å². The van der Waals surface area contributed by atoms with Crippen molar-refractivity contribution in [2.75, 3.05) is 5.33 Å². The van der Waals surface area contributed by atoms with E-state index >= 15 is 0 Å². The number of hydrogen-bond acceptors (Lipinski definition) is 2. The third kappa shape index (κ3) is 2.31. The lowest BCUT2D eigenvalue weighted by molar-refractivity contribution is 0.178. The van der Waals surface area contributed by atoms with E-state index in [1.165, 1.54) is 0 Å². The van der Waals surface area contributed by atoms with Gasteiger partial charge in [0.1, 0.15) is 5.82 Å². The van der Waals surface area contributed by atoms with Crippen LogP contribution >= 0.6 is 15.9 Å². The third-order valence-corrected chi connectivity index (χ3v) is 2.26. The predicted octanol–water partition coefficient (Wildman–Crippen LogP) is 0.947. The summed E-state index contributed by atoms with van der Waals surface area (Å²) in [7, 11) is 0. The van der Waals surface area contributed by atoms with Crippen molar-refractivity contribution in [3.63, 3.8) is 0 Å². The quantitative estimate of drug-likeness (QED) is 0.768. The maximum absolute atomic E-state index is 9.26. The summed E-state index contributed by atoms with van der Waals surface area (Å²) in [5, 5.41) is 9.86. The van der Waals surface area contributed by atoms with Crippen molar-refractivity contribution in [3.8, 4) is 0 Å². The van der Waals surface area contributed by atoms with Crippen molar-refractivity contribution in [2.24, 2.45) is 0 Å². The molecule has 0 saturated carbocycles. The first-order chi connectivity index (χ1) is 5.24. The van der Waals surface area contributed by atoms with Gasteiger partial charge in [-0.1, -0.05) is 15.9 Å². The fourth-order valence-corrected chi connectivity index (χ4v) is 1.08. The molecule has 1 aromatic heterocycles. The van der Waals surface area contributed by atoms with Gasteiger partial charge in [0, 0.05) is 17.7 Å². The monoisotopic (exact) mass is 218 g/mol. The minimum atomic E-state index is -0.331. The van der Waals surface area contributed by atoms with Gasteiger partial charge < -0.3 is 9.67 Å². The van der Waals surface area contributed by atoms with Crippen LogP contribution in [0.5, 0.6) is 0 Å². The van der Waals surface area contributed by atoms with E-state index in [9.17, 15) is 5.11 Å². The highest BCUT2D eigenvalue weighted by Gasteiger charge is 2.03. The number of aryl methyl sites for hydroxylation is 1. The highest BCUT2D eigenvalue weighted by atomic mass is 79.9. The Bertz CT molecular complexity index is 224. The summed E-state index contributed by atoms with van der Waals surface area (Å²) in [5.41, 5.74) is 0. The molecule has 0 fully saturated rings. The molecule has 0 spiro atoms. The molecular formula is C7H11BrN2O. The number of halogens is 1. The molecule has 0 aromatic carbocycles. The summed E-state index contributed by atoms with van der Waals surface area (Å²) in [6, 6.07) is 0. The average molecular weight is 219 g/mol. The summed E-state index contributed by atoms with van der Waals surface area (Å²) >= 11 is 3.20. The first-order valence-electron chi connectivity index (χ1n) is 3.46. The number of alkyl halides is 1. The largest absolute Gasteiger partial charge is 0.390 e. The minimum absolute atomic E-state index is 0.331. The Hall–Kier alpha value is -0.350. The van der Waals surface area contributed by atoms with Crippen LogP contribution in [-0.4, -0.2) is 26.1 Å². The van der Waals surface area contributed by atoms with E-state index in [1.54, 1.807) is 6.20 Å². The Morgan fingerprint density at radius 3 is 3.00 bits per heavy atom. The van der Waals surface area contributed by atoms with Gasteiger partial charge in [-0.25, -0.2) is 4.98 Å². The van der Waals surface area contributed by atoms with E-state index in [-0.39, 0.29) is 6.10 Å². The topological polar surface area (TPSA) is 38.0 Å². The van der Waals surface area contributed by atoms with Crippen LogP contribution in [0.15, 0.2) is 12.4 Å². The first kappa shape index (κ1) is 8.74. The van der Waals surface area contributed by atoms with E-state index in [1.807, 2.05) is 17.7 Å². The Morgan fingerprint density at radius 2 is 2.55 bits per heavy atom. The van der Waals surface area contributed by atoms with Gasteiger partial charge in [0.15, 0.2) is 0 Å². The Labute approximate surface area is 74.2 Å². The molecule has 0 aliphatic rings. The van der Waals surface area contributed by atoms with Crippen molar-refractivity contribution >= 4 is 15.9 Å². The third-order valence-electron chi connectivity index (χ3n) is 1.51. The van der Waals surface area contributed by atoms with Crippen LogP contribution in [0.3, 0.4) is 0 Å². The summed E-state index contributed by atoms with van der Waals surface area (Å²) in [5.74, 6) is 0.935. The molecule has 1 heterocycles. The second-order valence-corrected chi connectivity index (χ2v) is 3.08. The molecule has 0 radical (unpaired) electrons. The zero-order chi connectivity index (χ0) is 8.27. The second-order valence-electron chi connectivity index (χ2n) is 2.43.